The molecule has 1 aromatic carbocycles. The van der Waals surface area contributed by atoms with Gasteiger partial charge in [0.1, 0.15) is 0 Å². The molecule has 146 valence electrons. The van der Waals surface area contributed by atoms with E-state index in [0.29, 0.717) is 13.0 Å². The summed E-state index contributed by atoms with van der Waals surface area (Å²) in [4.78, 5) is 14.1. The van der Waals surface area contributed by atoms with Crippen molar-refractivity contribution in [2.24, 2.45) is 0 Å². The minimum absolute atomic E-state index is 0.152. The SMILES string of the molecule is CN(CC#N)CCCS(=O)(=O)NC(=O)Nc1c2c(cc3c1CCC3)CCC2. The van der Waals surface area contributed by atoms with Crippen molar-refractivity contribution in [2.45, 2.75) is 44.9 Å². The number of benzene rings is 1. The highest BCUT2D eigenvalue weighted by molar-refractivity contribution is 7.90. The minimum Gasteiger partial charge on any atom is -0.307 e. The Labute approximate surface area is 160 Å². The van der Waals surface area contributed by atoms with Crippen LogP contribution in [0.2, 0.25) is 0 Å². The van der Waals surface area contributed by atoms with Crippen LogP contribution in [0, 0.1) is 11.3 Å². The van der Waals surface area contributed by atoms with Crippen molar-refractivity contribution in [1.29, 1.82) is 5.26 Å². The molecule has 3 rings (SSSR count). The lowest BCUT2D eigenvalue weighted by atomic mass is 9.99. The second kappa shape index (κ2) is 8.28. The van der Waals surface area contributed by atoms with Gasteiger partial charge in [0, 0.05) is 5.69 Å². The Kier molecular flexibility index (Phi) is 6.02. The predicted molar refractivity (Wildman–Crippen MR) is 104 cm³/mol. The largest absolute Gasteiger partial charge is 0.332 e. The molecule has 0 unspecified atom stereocenters. The first-order valence-electron chi connectivity index (χ1n) is 9.43. The Balaban J connectivity index is 1.62. The number of hydrogen-bond acceptors (Lipinski definition) is 5. The van der Waals surface area contributed by atoms with Gasteiger partial charge in [-0.15, -0.1) is 0 Å². The number of nitrogens with one attached hydrogen (secondary N) is 2. The maximum absolute atomic E-state index is 12.4. The summed E-state index contributed by atoms with van der Waals surface area (Å²) in [6.07, 6.45) is 6.40. The molecule has 0 bridgehead atoms. The lowest BCUT2D eigenvalue weighted by Crippen LogP contribution is -2.37. The Morgan fingerprint density at radius 3 is 2.41 bits per heavy atom. The third kappa shape index (κ3) is 4.79. The third-order valence-corrected chi connectivity index (χ3v) is 6.58. The number of sulfonamides is 1. The number of carbonyl (C=O) groups is 1. The van der Waals surface area contributed by atoms with Gasteiger partial charge in [0.25, 0.3) is 0 Å². The molecule has 0 heterocycles. The van der Waals surface area contributed by atoms with E-state index in [1.165, 1.54) is 22.3 Å². The zero-order chi connectivity index (χ0) is 19.4. The summed E-state index contributed by atoms with van der Waals surface area (Å²) in [5, 5.41) is 11.4. The van der Waals surface area contributed by atoms with Gasteiger partial charge in [-0.3, -0.25) is 4.90 Å². The molecule has 2 aliphatic carbocycles. The number of urea groups is 1. The number of carbonyl (C=O) groups excluding carboxylic acids is 1. The number of amides is 2. The highest BCUT2D eigenvalue weighted by atomic mass is 32.2. The summed E-state index contributed by atoms with van der Waals surface area (Å²) in [5.41, 5.74) is 5.74. The number of nitriles is 1. The topological polar surface area (TPSA) is 102 Å². The van der Waals surface area contributed by atoms with Crippen molar-refractivity contribution in [2.75, 3.05) is 31.2 Å². The molecule has 2 amide bonds. The fraction of sp³-hybridized carbons (Fsp3) is 0.579. The van der Waals surface area contributed by atoms with Gasteiger partial charge in [-0.25, -0.2) is 17.9 Å². The summed E-state index contributed by atoms with van der Waals surface area (Å²) in [5.74, 6) is -0.152. The first-order chi connectivity index (χ1) is 12.9. The molecule has 0 saturated carbocycles. The van der Waals surface area contributed by atoms with Gasteiger partial charge >= 0.3 is 6.03 Å². The van der Waals surface area contributed by atoms with Gasteiger partial charge in [-0.2, -0.15) is 5.26 Å². The normalized spacial score (nSPS) is 15.3. The number of aryl methyl sites for hydroxylation is 2. The van der Waals surface area contributed by atoms with Gasteiger partial charge in [0.2, 0.25) is 10.0 Å². The van der Waals surface area contributed by atoms with Gasteiger partial charge in [0.05, 0.1) is 18.4 Å². The van der Waals surface area contributed by atoms with Crippen LogP contribution in [0.15, 0.2) is 6.07 Å². The zero-order valence-electron chi connectivity index (χ0n) is 15.7. The van der Waals surface area contributed by atoms with Crippen LogP contribution in [-0.4, -0.2) is 45.2 Å². The molecule has 0 atom stereocenters. The average molecular weight is 391 g/mol. The van der Waals surface area contributed by atoms with E-state index in [1.807, 2.05) is 6.07 Å². The Morgan fingerprint density at radius 1 is 1.19 bits per heavy atom. The summed E-state index contributed by atoms with van der Waals surface area (Å²) in [6, 6.07) is 3.59. The minimum atomic E-state index is -3.71. The van der Waals surface area contributed by atoms with E-state index in [2.05, 4.69) is 16.1 Å². The van der Waals surface area contributed by atoms with Crippen LogP contribution in [0.3, 0.4) is 0 Å². The molecule has 0 aromatic heterocycles. The van der Waals surface area contributed by atoms with E-state index in [-0.39, 0.29) is 12.3 Å². The van der Waals surface area contributed by atoms with Crippen LogP contribution in [0.5, 0.6) is 0 Å². The van der Waals surface area contributed by atoms with Crippen LogP contribution < -0.4 is 10.0 Å². The quantitative estimate of drug-likeness (QED) is 0.693. The molecule has 27 heavy (non-hydrogen) atoms. The molecule has 8 heteroatoms. The van der Waals surface area contributed by atoms with Crippen LogP contribution in [0.25, 0.3) is 0 Å². The molecule has 0 saturated heterocycles. The molecule has 2 aliphatic rings. The molecule has 7 nitrogen and oxygen atoms in total. The van der Waals surface area contributed by atoms with Crippen LogP contribution in [-0.2, 0) is 35.7 Å². The van der Waals surface area contributed by atoms with Crippen molar-refractivity contribution >= 4 is 21.7 Å². The van der Waals surface area contributed by atoms with E-state index < -0.39 is 16.1 Å². The maximum Gasteiger partial charge on any atom is 0.332 e. The van der Waals surface area contributed by atoms with E-state index >= 15 is 0 Å². The van der Waals surface area contributed by atoms with Crippen LogP contribution in [0.4, 0.5) is 10.5 Å². The predicted octanol–water partition coefficient (Wildman–Crippen LogP) is 1.96. The van der Waals surface area contributed by atoms with Crippen LogP contribution >= 0.6 is 0 Å². The average Bonchev–Trinajstić information content (AvgIpc) is 3.22. The number of anilines is 1. The highest BCUT2D eigenvalue weighted by Gasteiger charge is 2.25. The highest BCUT2D eigenvalue weighted by Crippen LogP contribution is 2.38. The maximum atomic E-state index is 12.4. The number of fused-ring (bicyclic) bond motifs is 2. The zero-order valence-corrected chi connectivity index (χ0v) is 16.5. The molecule has 0 radical (unpaired) electrons. The first kappa shape index (κ1) is 19.6. The van der Waals surface area contributed by atoms with Crippen molar-refractivity contribution in [3.63, 3.8) is 0 Å². The van der Waals surface area contributed by atoms with Gasteiger partial charge in [0.15, 0.2) is 0 Å². The molecule has 0 fully saturated rings. The molecule has 0 spiro atoms. The Hall–Kier alpha value is -2.11. The Morgan fingerprint density at radius 2 is 1.81 bits per heavy atom. The van der Waals surface area contributed by atoms with E-state index in [9.17, 15) is 13.2 Å². The standard InChI is InChI=1S/C19H26N4O3S/c1-23(11-9-20)10-4-12-27(25,26)22-19(24)21-18-16-7-2-5-14(16)13-15-6-3-8-17(15)18/h13H,2-8,10-12H2,1H3,(H2,21,22,24). The smallest absolute Gasteiger partial charge is 0.307 e. The van der Waals surface area contributed by atoms with Crippen molar-refractivity contribution in [3.05, 3.63) is 28.3 Å². The summed E-state index contributed by atoms with van der Waals surface area (Å²) in [7, 11) is -1.95. The van der Waals surface area contributed by atoms with Crippen molar-refractivity contribution in [1.82, 2.24) is 9.62 Å². The summed E-state index contributed by atoms with van der Waals surface area (Å²) < 4.78 is 26.5. The summed E-state index contributed by atoms with van der Waals surface area (Å²) >= 11 is 0. The third-order valence-electron chi connectivity index (χ3n) is 5.25. The van der Waals surface area contributed by atoms with Crippen LogP contribution in [0.1, 0.15) is 41.5 Å². The second-order valence-corrected chi connectivity index (χ2v) is 9.20. The number of hydrogen-bond donors (Lipinski definition) is 2. The molecular formula is C19H26N4O3S. The molecular weight excluding hydrogens is 364 g/mol. The van der Waals surface area contributed by atoms with E-state index in [0.717, 1.165) is 44.2 Å². The van der Waals surface area contributed by atoms with Crippen molar-refractivity contribution in [3.8, 4) is 6.07 Å². The van der Waals surface area contributed by atoms with E-state index in [4.69, 9.17) is 5.26 Å². The van der Waals surface area contributed by atoms with Gasteiger partial charge in [-0.05, 0) is 80.8 Å². The van der Waals surface area contributed by atoms with Gasteiger partial charge in [-0.1, -0.05) is 6.07 Å². The number of rotatable bonds is 7. The molecule has 2 N–H and O–H groups in total. The second-order valence-electron chi connectivity index (χ2n) is 7.36. The summed E-state index contributed by atoms with van der Waals surface area (Å²) in [6.45, 7) is 0.730. The molecule has 1 aromatic rings. The first-order valence-corrected chi connectivity index (χ1v) is 11.1. The fourth-order valence-electron chi connectivity index (χ4n) is 4.02. The van der Waals surface area contributed by atoms with E-state index in [1.54, 1.807) is 11.9 Å². The molecule has 0 aliphatic heterocycles. The lowest BCUT2D eigenvalue weighted by Gasteiger charge is -2.17. The fourth-order valence-corrected chi connectivity index (χ4v) is 4.97. The lowest BCUT2D eigenvalue weighted by molar-refractivity contribution is 0.256. The number of nitrogens with zero attached hydrogens (tertiary/aromatic N) is 2. The van der Waals surface area contributed by atoms with Crippen molar-refractivity contribution < 1.29 is 13.2 Å². The van der Waals surface area contributed by atoms with Gasteiger partial charge < -0.3 is 5.32 Å². The monoisotopic (exact) mass is 390 g/mol. The Bertz CT molecular complexity index is 842.